The lowest BCUT2D eigenvalue weighted by molar-refractivity contribution is 0.0525. The lowest BCUT2D eigenvalue weighted by Gasteiger charge is -2.42. The van der Waals surface area contributed by atoms with E-state index in [1.807, 2.05) is 30.3 Å². The van der Waals surface area contributed by atoms with Gasteiger partial charge in [-0.15, -0.1) is 0 Å². The largest absolute Gasteiger partial charge is 0.462 e. The van der Waals surface area contributed by atoms with Gasteiger partial charge in [-0.2, -0.15) is 0 Å². The summed E-state index contributed by atoms with van der Waals surface area (Å²) in [6.45, 7) is 2.62. The fraction of sp³-hybridized carbons (Fsp3) is 0.280. The zero-order valence-corrected chi connectivity index (χ0v) is 19.1. The SMILES string of the molecule is CCOC(=O)c1cnc(NC2(c3ccccc3)CCN(C(=O)Nc3c(F)cccc3F)CC2)nc1. The number of halogens is 2. The molecule has 2 heterocycles. The van der Waals surface area contributed by atoms with Gasteiger partial charge in [0.05, 0.1) is 17.7 Å². The van der Waals surface area contributed by atoms with Crippen LogP contribution < -0.4 is 10.6 Å². The highest BCUT2D eigenvalue weighted by atomic mass is 19.1. The smallest absolute Gasteiger partial charge is 0.341 e. The molecule has 4 rings (SSSR count). The average Bonchev–Trinajstić information content (AvgIpc) is 2.88. The van der Waals surface area contributed by atoms with Gasteiger partial charge in [0.2, 0.25) is 5.95 Å². The highest BCUT2D eigenvalue weighted by Gasteiger charge is 2.38. The van der Waals surface area contributed by atoms with Gasteiger partial charge in [0.15, 0.2) is 0 Å². The van der Waals surface area contributed by atoms with Crippen molar-refractivity contribution in [3.63, 3.8) is 0 Å². The Bertz CT molecular complexity index is 1160. The average molecular weight is 482 g/mol. The van der Waals surface area contributed by atoms with Gasteiger partial charge in [-0.3, -0.25) is 0 Å². The number of esters is 1. The minimum absolute atomic E-state index is 0.248. The van der Waals surface area contributed by atoms with Gasteiger partial charge >= 0.3 is 12.0 Å². The summed E-state index contributed by atoms with van der Waals surface area (Å²) in [4.78, 5) is 34.7. The third kappa shape index (κ3) is 5.37. The van der Waals surface area contributed by atoms with E-state index in [0.29, 0.717) is 31.9 Å². The van der Waals surface area contributed by atoms with Crippen LogP contribution in [-0.2, 0) is 10.3 Å². The molecule has 1 aliphatic rings. The predicted molar refractivity (Wildman–Crippen MR) is 126 cm³/mol. The number of benzene rings is 2. The summed E-state index contributed by atoms with van der Waals surface area (Å²) in [5, 5.41) is 5.72. The highest BCUT2D eigenvalue weighted by Crippen LogP contribution is 2.36. The van der Waals surface area contributed by atoms with E-state index in [2.05, 4.69) is 20.6 Å². The molecule has 2 aromatic carbocycles. The van der Waals surface area contributed by atoms with Crippen LogP contribution in [0.3, 0.4) is 0 Å². The second kappa shape index (κ2) is 10.5. The lowest BCUT2D eigenvalue weighted by atomic mass is 9.81. The van der Waals surface area contributed by atoms with Gasteiger partial charge in [-0.05, 0) is 37.5 Å². The van der Waals surface area contributed by atoms with Crippen molar-refractivity contribution in [1.82, 2.24) is 14.9 Å². The number of para-hydroxylation sites is 1. The van der Waals surface area contributed by atoms with Crippen LogP contribution in [0, 0.1) is 11.6 Å². The maximum Gasteiger partial charge on any atom is 0.341 e. The number of carbonyl (C=O) groups is 2. The first kappa shape index (κ1) is 24.1. The monoisotopic (exact) mass is 481 g/mol. The Kier molecular flexibility index (Phi) is 7.19. The number of aromatic nitrogens is 2. The molecule has 0 atom stereocenters. The second-order valence-electron chi connectivity index (χ2n) is 8.10. The van der Waals surface area contributed by atoms with E-state index in [0.717, 1.165) is 17.7 Å². The molecule has 0 bridgehead atoms. The molecular weight excluding hydrogens is 456 g/mol. The fourth-order valence-electron chi connectivity index (χ4n) is 4.06. The van der Waals surface area contributed by atoms with Crippen LogP contribution in [0.4, 0.5) is 25.2 Å². The summed E-state index contributed by atoms with van der Waals surface area (Å²) in [5.41, 5.74) is 0.175. The number of amides is 2. The summed E-state index contributed by atoms with van der Waals surface area (Å²) < 4.78 is 32.9. The molecule has 2 amide bonds. The lowest BCUT2D eigenvalue weighted by Crippen LogP contribution is -2.50. The van der Waals surface area contributed by atoms with Crippen LogP contribution in [0.5, 0.6) is 0 Å². The van der Waals surface area contributed by atoms with E-state index in [1.54, 1.807) is 6.92 Å². The van der Waals surface area contributed by atoms with Gasteiger partial charge in [-0.25, -0.2) is 28.3 Å². The van der Waals surface area contributed by atoms with Crippen LogP contribution in [0.15, 0.2) is 60.9 Å². The highest BCUT2D eigenvalue weighted by molar-refractivity contribution is 5.90. The number of piperidine rings is 1. The second-order valence-corrected chi connectivity index (χ2v) is 8.10. The standard InChI is InChI=1S/C25H25F2N5O3/c1-2-35-22(33)17-15-28-23(29-16-17)31-25(18-7-4-3-5-8-18)11-13-32(14-12-25)24(34)30-21-19(26)9-6-10-20(21)27/h3-10,15-16H,2,11-14H2,1H3,(H,30,34)(H,28,29,31). The quantitative estimate of drug-likeness (QED) is 0.501. The van der Waals surface area contributed by atoms with Crippen molar-refractivity contribution in [1.29, 1.82) is 0 Å². The summed E-state index contributed by atoms with van der Waals surface area (Å²) in [5.74, 6) is -1.84. The number of urea groups is 1. The first-order valence-electron chi connectivity index (χ1n) is 11.2. The first-order valence-corrected chi connectivity index (χ1v) is 11.2. The molecule has 182 valence electrons. The maximum absolute atomic E-state index is 14.0. The van der Waals surface area contributed by atoms with E-state index in [4.69, 9.17) is 4.74 Å². The molecule has 1 fully saturated rings. The molecule has 1 aliphatic heterocycles. The molecule has 10 heteroatoms. The molecule has 0 saturated carbocycles. The van der Waals surface area contributed by atoms with Gasteiger partial charge < -0.3 is 20.3 Å². The van der Waals surface area contributed by atoms with E-state index < -0.39 is 34.9 Å². The third-order valence-corrected chi connectivity index (χ3v) is 5.94. The van der Waals surface area contributed by atoms with Crippen molar-refractivity contribution in [3.05, 3.63) is 83.7 Å². The van der Waals surface area contributed by atoms with Gasteiger partial charge in [0.1, 0.15) is 17.3 Å². The Balaban J connectivity index is 1.50. The Morgan fingerprint density at radius 3 is 2.23 bits per heavy atom. The van der Waals surface area contributed by atoms with E-state index >= 15 is 0 Å². The van der Waals surface area contributed by atoms with Crippen LogP contribution in [-0.4, -0.2) is 46.6 Å². The van der Waals surface area contributed by atoms with E-state index in [-0.39, 0.29) is 12.2 Å². The molecular formula is C25H25F2N5O3. The summed E-state index contributed by atoms with van der Waals surface area (Å²) >= 11 is 0. The number of ether oxygens (including phenoxy) is 1. The van der Waals surface area contributed by atoms with Crippen LogP contribution in [0.25, 0.3) is 0 Å². The van der Waals surface area contributed by atoms with Gasteiger partial charge in [0, 0.05) is 25.5 Å². The molecule has 0 aliphatic carbocycles. The number of rotatable bonds is 6. The fourth-order valence-corrected chi connectivity index (χ4v) is 4.06. The van der Waals surface area contributed by atoms with E-state index in [9.17, 15) is 18.4 Å². The molecule has 8 nitrogen and oxygen atoms in total. The number of nitrogens with one attached hydrogen (secondary N) is 2. The molecule has 0 spiro atoms. The van der Waals surface area contributed by atoms with E-state index in [1.165, 1.54) is 23.4 Å². The number of hydrogen-bond donors (Lipinski definition) is 2. The number of nitrogens with zero attached hydrogens (tertiary/aromatic N) is 3. The maximum atomic E-state index is 14.0. The summed E-state index contributed by atoms with van der Waals surface area (Å²) in [7, 11) is 0. The van der Waals surface area contributed by atoms with Crippen molar-refractivity contribution >= 4 is 23.6 Å². The van der Waals surface area contributed by atoms with Gasteiger partial charge in [-0.1, -0.05) is 36.4 Å². The molecule has 3 aromatic rings. The molecule has 0 radical (unpaired) electrons. The van der Waals surface area contributed by atoms with Crippen LogP contribution in [0.2, 0.25) is 0 Å². The number of carbonyl (C=O) groups excluding carboxylic acids is 2. The Hall–Kier alpha value is -4.08. The Morgan fingerprint density at radius 1 is 1.00 bits per heavy atom. The zero-order chi connectivity index (χ0) is 24.8. The number of likely N-dealkylation sites (tertiary alicyclic amines) is 1. The molecule has 35 heavy (non-hydrogen) atoms. The van der Waals surface area contributed by atoms with Crippen molar-refractivity contribution in [2.75, 3.05) is 30.3 Å². The third-order valence-electron chi connectivity index (χ3n) is 5.94. The Labute approximate surface area is 201 Å². The zero-order valence-electron chi connectivity index (χ0n) is 19.1. The minimum Gasteiger partial charge on any atom is -0.462 e. The van der Waals surface area contributed by atoms with Crippen molar-refractivity contribution in [2.24, 2.45) is 0 Å². The van der Waals surface area contributed by atoms with Crippen LogP contribution >= 0.6 is 0 Å². The summed E-state index contributed by atoms with van der Waals surface area (Å²) in [6.07, 6.45) is 3.79. The number of anilines is 2. The minimum atomic E-state index is -0.834. The molecule has 1 aromatic heterocycles. The molecule has 1 saturated heterocycles. The topological polar surface area (TPSA) is 96.5 Å². The van der Waals surface area contributed by atoms with Gasteiger partial charge in [0.25, 0.3) is 0 Å². The predicted octanol–water partition coefficient (Wildman–Crippen LogP) is 4.57. The van der Waals surface area contributed by atoms with Crippen LogP contribution in [0.1, 0.15) is 35.7 Å². The first-order chi connectivity index (χ1) is 16.9. The Morgan fingerprint density at radius 2 is 1.63 bits per heavy atom. The summed E-state index contributed by atoms with van der Waals surface area (Å²) in [6, 6.07) is 12.5. The van der Waals surface area contributed by atoms with Crippen molar-refractivity contribution in [3.8, 4) is 0 Å². The van der Waals surface area contributed by atoms with Crippen molar-refractivity contribution < 1.29 is 23.1 Å². The molecule has 0 unspecified atom stereocenters. The van der Waals surface area contributed by atoms with Crippen molar-refractivity contribution in [2.45, 2.75) is 25.3 Å². The molecule has 2 N–H and O–H groups in total. The number of hydrogen-bond acceptors (Lipinski definition) is 6. The normalized spacial score (nSPS) is 14.8.